The number of nitrogen functional groups attached to an aromatic ring is 1. The van der Waals surface area contributed by atoms with Gasteiger partial charge in [0.1, 0.15) is 6.04 Å². The molecule has 1 atom stereocenters. The lowest BCUT2D eigenvalue weighted by Gasteiger charge is -2.10. The molecule has 0 saturated carbocycles. The second-order valence-corrected chi connectivity index (χ2v) is 4.61. The second-order valence-electron chi connectivity index (χ2n) is 4.61. The second kappa shape index (κ2) is 5.56. The summed E-state index contributed by atoms with van der Waals surface area (Å²) in [7, 11) is 1.73. The van der Waals surface area contributed by atoms with Crippen molar-refractivity contribution >= 4 is 23.6 Å². The van der Waals surface area contributed by atoms with Gasteiger partial charge < -0.3 is 16.0 Å². The maximum absolute atomic E-state index is 11.7. The summed E-state index contributed by atoms with van der Waals surface area (Å²) in [4.78, 5) is 25.0. The van der Waals surface area contributed by atoms with Crippen molar-refractivity contribution in [1.82, 2.24) is 10.2 Å². The molecule has 1 aliphatic heterocycles. The van der Waals surface area contributed by atoms with Crippen LogP contribution in [0.3, 0.4) is 0 Å². The third-order valence-corrected chi connectivity index (χ3v) is 3.08. The van der Waals surface area contributed by atoms with Crippen LogP contribution in [0, 0.1) is 0 Å². The zero-order valence-electron chi connectivity index (χ0n) is 10.8. The zero-order valence-corrected chi connectivity index (χ0v) is 10.8. The van der Waals surface area contributed by atoms with E-state index in [1.54, 1.807) is 30.2 Å². The van der Waals surface area contributed by atoms with Crippen LogP contribution in [0.1, 0.15) is 12.0 Å². The summed E-state index contributed by atoms with van der Waals surface area (Å²) >= 11 is 0. The number of nitrogens with zero attached hydrogens (tertiary/aromatic N) is 1. The predicted octanol–water partition coefficient (Wildman–Crippen LogP) is 0.629. The van der Waals surface area contributed by atoms with Crippen molar-refractivity contribution in [3.63, 3.8) is 0 Å². The Morgan fingerprint density at radius 2 is 2.32 bits per heavy atom. The maximum atomic E-state index is 11.7. The quantitative estimate of drug-likeness (QED) is 0.617. The van der Waals surface area contributed by atoms with Gasteiger partial charge in [0.15, 0.2) is 0 Å². The van der Waals surface area contributed by atoms with E-state index in [4.69, 9.17) is 5.73 Å². The number of hydrogen-bond acceptors (Lipinski definition) is 3. The van der Waals surface area contributed by atoms with Crippen molar-refractivity contribution < 1.29 is 9.59 Å². The molecule has 5 nitrogen and oxygen atoms in total. The van der Waals surface area contributed by atoms with Crippen LogP contribution in [0.25, 0.3) is 6.08 Å². The molecule has 0 bridgehead atoms. The van der Waals surface area contributed by atoms with Gasteiger partial charge in [-0.2, -0.15) is 0 Å². The number of amides is 2. The van der Waals surface area contributed by atoms with Crippen LogP contribution in [0.15, 0.2) is 30.3 Å². The van der Waals surface area contributed by atoms with E-state index in [1.165, 1.54) is 6.08 Å². The van der Waals surface area contributed by atoms with E-state index < -0.39 is 6.04 Å². The average Bonchev–Trinajstić information content (AvgIpc) is 2.69. The molecule has 100 valence electrons. The molecule has 1 unspecified atom stereocenters. The summed E-state index contributed by atoms with van der Waals surface area (Å²) in [5.74, 6) is -0.304. The minimum atomic E-state index is -0.400. The van der Waals surface area contributed by atoms with Crippen molar-refractivity contribution in [2.75, 3.05) is 19.3 Å². The Kier molecular flexibility index (Phi) is 3.85. The first-order chi connectivity index (χ1) is 9.06. The van der Waals surface area contributed by atoms with Crippen LogP contribution in [0.2, 0.25) is 0 Å². The number of likely N-dealkylation sites (tertiary alicyclic amines) is 1. The van der Waals surface area contributed by atoms with Gasteiger partial charge >= 0.3 is 0 Å². The smallest absolute Gasteiger partial charge is 0.244 e. The summed E-state index contributed by atoms with van der Waals surface area (Å²) in [5, 5.41) is 2.70. The minimum Gasteiger partial charge on any atom is -0.399 e. The van der Waals surface area contributed by atoms with Crippen molar-refractivity contribution in [3.05, 3.63) is 35.9 Å². The molecular weight excluding hydrogens is 242 g/mol. The number of anilines is 1. The molecule has 2 rings (SSSR count). The summed E-state index contributed by atoms with van der Waals surface area (Å²) in [6.45, 7) is 0.683. The lowest BCUT2D eigenvalue weighted by molar-refractivity contribution is -0.130. The molecule has 19 heavy (non-hydrogen) atoms. The van der Waals surface area contributed by atoms with E-state index in [-0.39, 0.29) is 11.8 Å². The molecule has 1 aliphatic rings. The standard InChI is InChI=1S/C14H17N3O2/c1-17-8-7-12(14(17)19)16-13(18)6-5-10-3-2-4-11(15)9-10/h2-6,9,12H,7-8,15H2,1H3,(H,16,18)/b6-5+. The lowest BCUT2D eigenvalue weighted by atomic mass is 10.2. The molecule has 5 heteroatoms. The first-order valence-corrected chi connectivity index (χ1v) is 6.15. The van der Waals surface area contributed by atoms with Crippen molar-refractivity contribution in [2.45, 2.75) is 12.5 Å². The minimum absolute atomic E-state index is 0.0364. The summed E-state index contributed by atoms with van der Waals surface area (Å²) in [5.41, 5.74) is 7.15. The van der Waals surface area contributed by atoms with E-state index in [9.17, 15) is 9.59 Å². The molecule has 2 amide bonds. The SMILES string of the molecule is CN1CCC(NC(=O)/C=C/c2cccc(N)c2)C1=O. The summed E-state index contributed by atoms with van der Waals surface area (Å²) < 4.78 is 0. The van der Waals surface area contributed by atoms with Gasteiger partial charge in [0, 0.05) is 25.4 Å². The van der Waals surface area contributed by atoms with Crippen molar-refractivity contribution in [2.24, 2.45) is 0 Å². The van der Waals surface area contributed by atoms with Gasteiger partial charge in [-0.15, -0.1) is 0 Å². The Morgan fingerprint density at radius 3 is 2.95 bits per heavy atom. The third-order valence-electron chi connectivity index (χ3n) is 3.08. The number of benzene rings is 1. The monoisotopic (exact) mass is 259 g/mol. The summed E-state index contributed by atoms with van der Waals surface area (Å²) in [6.07, 6.45) is 3.75. The van der Waals surface area contributed by atoms with E-state index in [2.05, 4.69) is 5.32 Å². The molecule has 3 N–H and O–H groups in total. The van der Waals surface area contributed by atoms with Gasteiger partial charge in [0.05, 0.1) is 0 Å². The van der Waals surface area contributed by atoms with Crippen molar-refractivity contribution in [3.8, 4) is 0 Å². The first kappa shape index (κ1) is 13.1. The molecule has 1 fully saturated rings. The number of rotatable bonds is 3. The number of nitrogens with one attached hydrogen (secondary N) is 1. The fourth-order valence-corrected chi connectivity index (χ4v) is 2.01. The molecule has 1 aromatic carbocycles. The Bertz CT molecular complexity index is 525. The fourth-order valence-electron chi connectivity index (χ4n) is 2.01. The molecular formula is C14H17N3O2. The highest BCUT2D eigenvalue weighted by molar-refractivity contribution is 5.96. The van der Waals surface area contributed by atoms with Crippen molar-refractivity contribution in [1.29, 1.82) is 0 Å². The van der Waals surface area contributed by atoms with Crippen LogP contribution >= 0.6 is 0 Å². The number of nitrogens with two attached hydrogens (primary N) is 1. The molecule has 0 aromatic heterocycles. The topological polar surface area (TPSA) is 75.4 Å². The highest BCUT2D eigenvalue weighted by Gasteiger charge is 2.29. The van der Waals surface area contributed by atoms with Gasteiger partial charge in [-0.05, 0) is 30.2 Å². The normalized spacial score (nSPS) is 19.1. The Labute approximate surface area is 112 Å². The van der Waals surface area contributed by atoms with Gasteiger partial charge in [-0.1, -0.05) is 12.1 Å². The Hall–Kier alpha value is -2.30. The number of likely N-dealkylation sites (N-methyl/N-ethyl adjacent to an activating group) is 1. The molecule has 1 aromatic rings. The van der Waals surface area contributed by atoms with E-state index >= 15 is 0 Å². The van der Waals surface area contributed by atoms with Gasteiger partial charge in [-0.3, -0.25) is 9.59 Å². The van der Waals surface area contributed by atoms with Gasteiger partial charge in [0.2, 0.25) is 11.8 Å². The molecule has 0 radical (unpaired) electrons. The molecule has 1 heterocycles. The van der Waals surface area contributed by atoms with Crippen LogP contribution in [-0.2, 0) is 9.59 Å². The van der Waals surface area contributed by atoms with E-state index in [0.717, 1.165) is 5.56 Å². The zero-order chi connectivity index (χ0) is 13.8. The average molecular weight is 259 g/mol. The first-order valence-electron chi connectivity index (χ1n) is 6.15. The highest BCUT2D eigenvalue weighted by atomic mass is 16.2. The lowest BCUT2D eigenvalue weighted by Crippen LogP contribution is -2.39. The largest absolute Gasteiger partial charge is 0.399 e. The van der Waals surface area contributed by atoms with Gasteiger partial charge in [0.25, 0.3) is 0 Å². The molecule has 1 saturated heterocycles. The maximum Gasteiger partial charge on any atom is 0.244 e. The molecule has 0 spiro atoms. The third kappa shape index (κ3) is 3.34. The van der Waals surface area contributed by atoms with Gasteiger partial charge in [-0.25, -0.2) is 0 Å². The Balaban J connectivity index is 1.93. The van der Waals surface area contributed by atoms with Crippen LogP contribution in [0.4, 0.5) is 5.69 Å². The van der Waals surface area contributed by atoms with E-state index in [0.29, 0.717) is 18.7 Å². The summed E-state index contributed by atoms with van der Waals surface area (Å²) in [6, 6.07) is 6.84. The number of carbonyl (C=O) groups is 2. The van der Waals surface area contributed by atoms with Crippen LogP contribution in [-0.4, -0.2) is 36.3 Å². The van der Waals surface area contributed by atoms with E-state index in [1.807, 2.05) is 12.1 Å². The Morgan fingerprint density at radius 1 is 1.53 bits per heavy atom. The predicted molar refractivity (Wildman–Crippen MR) is 74.1 cm³/mol. The highest BCUT2D eigenvalue weighted by Crippen LogP contribution is 2.10. The fraction of sp³-hybridized carbons (Fsp3) is 0.286. The number of carbonyl (C=O) groups excluding carboxylic acids is 2. The van der Waals surface area contributed by atoms with Crippen LogP contribution in [0.5, 0.6) is 0 Å². The van der Waals surface area contributed by atoms with Crippen LogP contribution < -0.4 is 11.1 Å². The number of hydrogen-bond donors (Lipinski definition) is 2. The molecule has 0 aliphatic carbocycles.